The number of hydrogen-bond acceptors (Lipinski definition) is 4. The smallest absolute Gasteiger partial charge is 0.0725 e. The fourth-order valence-corrected chi connectivity index (χ4v) is 5.31. The van der Waals surface area contributed by atoms with Crippen molar-refractivity contribution in [1.29, 1.82) is 0 Å². The second kappa shape index (κ2) is 7.78. The van der Waals surface area contributed by atoms with Crippen LogP contribution in [0.25, 0.3) is 11.1 Å². The van der Waals surface area contributed by atoms with Crippen LogP contribution in [0.1, 0.15) is 23.1 Å². The predicted octanol–water partition coefficient (Wildman–Crippen LogP) is 6.10. The van der Waals surface area contributed by atoms with Crippen molar-refractivity contribution < 1.29 is 9.22 Å². The normalized spacial score (nSPS) is 22.5. The molecule has 2 aliphatic heterocycles. The molecule has 2 unspecified atom stereocenters. The molecule has 2 bridgehead atoms. The van der Waals surface area contributed by atoms with Crippen LogP contribution in [0, 0.1) is 0 Å². The molecular formula is C24H22ClNO2S. The molecule has 3 aromatic rings. The lowest BCUT2D eigenvalue weighted by atomic mass is 9.70. The van der Waals surface area contributed by atoms with E-state index in [9.17, 15) is 0 Å². The molecular weight excluding hydrogens is 402 g/mol. The van der Waals surface area contributed by atoms with Crippen LogP contribution in [0.3, 0.4) is 0 Å². The van der Waals surface area contributed by atoms with E-state index in [1.54, 1.807) is 0 Å². The monoisotopic (exact) mass is 423 g/mol. The first-order chi connectivity index (χ1) is 14.2. The summed E-state index contributed by atoms with van der Waals surface area (Å²) in [7, 11) is 1.51. The van der Waals surface area contributed by atoms with E-state index in [0.717, 1.165) is 36.0 Å². The molecule has 0 saturated carbocycles. The van der Waals surface area contributed by atoms with E-state index in [1.807, 2.05) is 12.1 Å². The lowest BCUT2D eigenvalue weighted by molar-refractivity contribution is -0.160. The molecule has 0 aliphatic carbocycles. The third-order valence-corrected chi connectivity index (χ3v) is 7.07. The van der Waals surface area contributed by atoms with Gasteiger partial charge in [-0.05, 0) is 71.1 Å². The van der Waals surface area contributed by atoms with Gasteiger partial charge in [0, 0.05) is 28.4 Å². The number of fused-ring (bicyclic) bond motifs is 4. The molecule has 0 amide bonds. The average Bonchev–Trinajstić information content (AvgIpc) is 3.11. The number of nitrogens with zero attached hydrogens (tertiary/aromatic N) is 1. The second-order valence-corrected chi connectivity index (χ2v) is 8.97. The first-order valence-electron chi connectivity index (χ1n) is 9.77. The SMILES string of the molecule is COOSc1ccc(-c2ccc3c(c2)CN2CCC3(c3ccc(Cl)cc3)C2)cc1. The predicted molar refractivity (Wildman–Crippen MR) is 118 cm³/mol. The second-order valence-electron chi connectivity index (χ2n) is 7.76. The Morgan fingerprint density at radius 2 is 1.72 bits per heavy atom. The molecule has 2 atom stereocenters. The lowest BCUT2D eigenvalue weighted by Crippen LogP contribution is -2.37. The van der Waals surface area contributed by atoms with Gasteiger partial charge in [0.2, 0.25) is 0 Å². The summed E-state index contributed by atoms with van der Waals surface area (Å²) in [6.45, 7) is 3.25. The summed E-state index contributed by atoms with van der Waals surface area (Å²) < 4.78 is 4.93. The van der Waals surface area contributed by atoms with Crippen LogP contribution in [0.5, 0.6) is 0 Å². The van der Waals surface area contributed by atoms with Crippen LogP contribution in [0.15, 0.2) is 71.6 Å². The quantitative estimate of drug-likeness (QED) is 0.281. The van der Waals surface area contributed by atoms with Gasteiger partial charge in [-0.15, -0.1) is 0 Å². The van der Waals surface area contributed by atoms with E-state index < -0.39 is 0 Å². The molecule has 5 rings (SSSR count). The average molecular weight is 424 g/mol. The van der Waals surface area contributed by atoms with Crippen LogP contribution < -0.4 is 0 Å². The van der Waals surface area contributed by atoms with E-state index in [-0.39, 0.29) is 5.41 Å². The summed E-state index contributed by atoms with van der Waals surface area (Å²) >= 11 is 7.37. The molecule has 2 aliphatic rings. The van der Waals surface area contributed by atoms with Gasteiger partial charge in [0.05, 0.1) is 19.2 Å². The Kier molecular flexibility index (Phi) is 5.14. The van der Waals surface area contributed by atoms with Crippen LogP contribution in [0.2, 0.25) is 5.02 Å². The van der Waals surface area contributed by atoms with Crippen molar-refractivity contribution >= 4 is 23.6 Å². The molecule has 3 nitrogen and oxygen atoms in total. The minimum Gasteiger partial charge on any atom is -0.298 e. The Morgan fingerprint density at radius 3 is 2.48 bits per heavy atom. The van der Waals surface area contributed by atoms with Gasteiger partial charge in [-0.3, -0.25) is 4.90 Å². The highest BCUT2D eigenvalue weighted by Crippen LogP contribution is 2.47. The summed E-state index contributed by atoms with van der Waals surface area (Å²) in [5.41, 5.74) is 6.82. The Morgan fingerprint density at radius 1 is 0.966 bits per heavy atom. The minimum absolute atomic E-state index is 0.0781. The van der Waals surface area contributed by atoms with Gasteiger partial charge in [-0.25, -0.2) is 4.89 Å². The highest BCUT2D eigenvalue weighted by Gasteiger charge is 2.45. The number of benzene rings is 3. The summed E-state index contributed by atoms with van der Waals surface area (Å²) in [4.78, 5) is 8.24. The van der Waals surface area contributed by atoms with Crippen LogP contribution in [-0.4, -0.2) is 25.1 Å². The van der Waals surface area contributed by atoms with E-state index in [0.29, 0.717) is 0 Å². The van der Waals surface area contributed by atoms with E-state index in [2.05, 4.69) is 64.4 Å². The van der Waals surface area contributed by atoms with Gasteiger partial charge in [0.1, 0.15) is 0 Å². The maximum Gasteiger partial charge on any atom is 0.0725 e. The molecule has 2 heterocycles. The van der Waals surface area contributed by atoms with Gasteiger partial charge in [0.25, 0.3) is 0 Å². The maximum absolute atomic E-state index is 6.15. The molecule has 3 aromatic carbocycles. The van der Waals surface area contributed by atoms with Crippen molar-refractivity contribution in [3.63, 3.8) is 0 Å². The number of hydrogen-bond donors (Lipinski definition) is 0. The van der Waals surface area contributed by atoms with Crippen LogP contribution in [0.4, 0.5) is 0 Å². The van der Waals surface area contributed by atoms with Crippen molar-refractivity contribution in [1.82, 2.24) is 4.90 Å². The molecule has 1 fully saturated rings. The van der Waals surface area contributed by atoms with Crippen molar-refractivity contribution in [2.75, 3.05) is 20.2 Å². The summed E-state index contributed by atoms with van der Waals surface area (Å²) in [6, 6.07) is 23.8. The first kappa shape index (κ1) is 19.2. The van der Waals surface area contributed by atoms with Crippen molar-refractivity contribution in [2.24, 2.45) is 0 Å². The molecule has 1 saturated heterocycles. The van der Waals surface area contributed by atoms with Gasteiger partial charge in [-0.2, -0.15) is 4.33 Å². The van der Waals surface area contributed by atoms with Crippen molar-refractivity contribution in [3.8, 4) is 11.1 Å². The third-order valence-electron chi connectivity index (χ3n) is 6.15. The summed E-state index contributed by atoms with van der Waals surface area (Å²) in [5.74, 6) is 0. The maximum atomic E-state index is 6.15. The Balaban J connectivity index is 1.50. The van der Waals surface area contributed by atoms with E-state index in [4.69, 9.17) is 15.9 Å². The fourth-order valence-electron chi connectivity index (χ4n) is 4.79. The number of rotatable bonds is 5. The van der Waals surface area contributed by atoms with E-state index in [1.165, 1.54) is 47.0 Å². The zero-order valence-corrected chi connectivity index (χ0v) is 17.8. The molecule has 0 N–H and O–H groups in total. The van der Waals surface area contributed by atoms with Crippen molar-refractivity contribution in [2.45, 2.75) is 23.3 Å². The molecule has 0 aromatic heterocycles. The fraction of sp³-hybridized carbons (Fsp3) is 0.250. The minimum atomic E-state index is 0.0781. The first-order valence-corrected chi connectivity index (χ1v) is 10.9. The zero-order chi connectivity index (χ0) is 19.8. The zero-order valence-electron chi connectivity index (χ0n) is 16.2. The highest BCUT2D eigenvalue weighted by molar-refractivity contribution is 7.94. The van der Waals surface area contributed by atoms with Gasteiger partial charge < -0.3 is 0 Å². The van der Waals surface area contributed by atoms with E-state index >= 15 is 0 Å². The molecule has 0 spiro atoms. The Labute approximate surface area is 180 Å². The molecule has 29 heavy (non-hydrogen) atoms. The largest absolute Gasteiger partial charge is 0.298 e. The molecule has 148 valence electrons. The highest BCUT2D eigenvalue weighted by atomic mass is 35.5. The van der Waals surface area contributed by atoms with Gasteiger partial charge in [-0.1, -0.05) is 48.0 Å². The standard InChI is InChI=1S/C24H22ClNO2S/c1-27-28-29-22-9-2-17(3-10-22)18-4-11-23-19(14-18)15-26-13-12-24(23,16-26)20-5-7-21(25)8-6-20/h2-11,14H,12-13,15-16H2,1H3. The van der Waals surface area contributed by atoms with Crippen LogP contribution in [-0.2, 0) is 21.2 Å². The van der Waals surface area contributed by atoms with Gasteiger partial charge >= 0.3 is 0 Å². The third kappa shape index (κ3) is 3.49. The topological polar surface area (TPSA) is 21.7 Å². The molecule has 0 radical (unpaired) electrons. The van der Waals surface area contributed by atoms with Crippen molar-refractivity contribution in [3.05, 3.63) is 88.4 Å². The summed E-state index contributed by atoms with van der Waals surface area (Å²) in [5, 5.41) is 0.795. The number of halogens is 1. The Bertz CT molecular complexity index is 1020. The van der Waals surface area contributed by atoms with Crippen LogP contribution >= 0.6 is 23.6 Å². The molecule has 5 heteroatoms. The Hall–Kier alpha value is -1.82. The van der Waals surface area contributed by atoms with Gasteiger partial charge in [0.15, 0.2) is 0 Å². The summed E-state index contributed by atoms with van der Waals surface area (Å²) in [6.07, 6.45) is 1.16. The lowest BCUT2D eigenvalue weighted by Gasteiger charge is -2.37.